The Morgan fingerprint density at radius 2 is 2.25 bits per heavy atom. The molecule has 0 rings (SSSR count). The molecule has 1 N–H and O–H groups in total. The van der Waals surface area contributed by atoms with Crippen molar-refractivity contribution in [2.45, 2.75) is 0 Å². The summed E-state index contributed by atoms with van der Waals surface area (Å²) in [6.45, 7) is 0. The van der Waals surface area contributed by atoms with Crippen LogP contribution in [0.3, 0.4) is 0 Å². The quantitative estimate of drug-likeness (QED) is 0.578. The third-order valence-electron chi connectivity index (χ3n) is 0.174. The van der Waals surface area contributed by atoms with Gasteiger partial charge in [-0.2, -0.15) is 4.08 Å². The van der Waals surface area contributed by atoms with Crippen LogP contribution in [0.15, 0.2) is 0 Å². The first kappa shape index (κ1) is 12.5. The summed E-state index contributed by atoms with van der Waals surface area (Å²) in [5, 5.41) is 0. The van der Waals surface area contributed by atoms with Gasteiger partial charge in [-0.05, 0) is 4.53 Å². The van der Waals surface area contributed by atoms with E-state index in [0.29, 0.717) is 0 Å². The maximum absolute atomic E-state index is 10.5. The van der Waals surface area contributed by atoms with Crippen LogP contribution in [-0.4, -0.2) is 50.4 Å². The first-order valence-corrected chi connectivity index (χ1v) is 2.86. The molecule has 0 aromatic rings. The van der Waals surface area contributed by atoms with E-state index in [1.54, 1.807) is 0 Å². The fourth-order valence-electron chi connectivity index (χ4n) is 0.0106. The number of hydrogen-bond acceptors (Lipinski definition) is 3. The molecule has 1 atom stereocenters. The molecule has 0 fully saturated rings. The molecule has 0 radical (unpaired) electrons. The van der Waals surface area contributed by atoms with Crippen molar-refractivity contribution in [1.82, 2.24) is 0 Å². The van der Waals surface area contributed by atoms with E-state index in [-0.39, 0.29) is 48.3 Å². The average Bonchev–Trinajstić information content (AvgIpc) is 1.68. The Bertz CT molecular complexity index is 95.3. The van der Waals surface area contributed by atoms with Crippen LogP contribution in [0.5, 0.6) is 0 Å². The molecule has 8 heteroatoms. The van der Waals surface area contributed by atoms with Gasteiger partial charge in [0.2, 0.25) is 0 Å². The standard InChI is InChI=1S/ClFHO4P.Sr.2H/c1-5-7(3,4)6-2;;;/h(H,3,4);;;/q;+2;2*-1. The third-order valence-corrected chi connectivity index (χ3v) is 1.05. The maximum Gasteiger partial charge on any atom is 2.00 e. The van der Waals surface area contributed by atoms with Gasteiger partial charge in [0.25, 0.3) is 0 Å². The summed E-state index contributed by atoms with van der Waals surface area (Å²) in [6.07, 6.45) is 0. The van der Waals surface area contributed by atoms with Crippen molar-refractivity contribution in [3.8, 4) is 0 Å². The zero-order valence-electron chi connectivity index (χ0n) is 5.58. The Balaban J connectivity index is -0.0000000600. The number of hydrogen-bond donors (Lipinski definition) is 1. The van der Waals surface area contributed by atoms with Crippen LogP contribution in [0.25, 0.3) is 0 Å². The molecule has 0 aliphatic heterocycles. The van der Waals surface area contributed by atoms with Crippen LogP contribution >= 0.6 is 19.7 Å². The van der Waals surface area contributed by atoms with Crippen molar-refractivity contribution in [2.24, 2.45) is 0 Å². The molecule has 48 valence electrons. The van der Waals surface area contributed by atoms with Crippen molar-refractivity contribution < 1.29 is 25.6 Å². The van der Waals surface area contributed by atoms with E-state index < -0.39 is 7.82 Å². The third kappa shape index (κ3) is 5.94. The predicted molar refractivity (Wildman–Crippen MR) is 26.9 cm³/mol. The monoisotopic (exact) mass is 240 g/mol. The Kier molecular flexibility index (Phi) is 8.71. The number of phosphoric acid groups is 1. The molecular formula is H3ClFO4PSr. The minimum absolute atomic E-state index is 0. The molecule has 0 aromatic heterocycles. The van der Waals surface area contributed by atoms with Crippen LogP contribution in [0.1, 0.15) is 2.85 Å². The predicted octanol–water partition coefficient (Wildman–Crippen LogP) is 1.00. The summed E-state index contributed by atoms with van der Waals surface area (Å²) in [6, 6.07) is 0. The fourth-order valence-corrected chi connectivity index (χ4v) is 0.0958. The van der Waals surface area contributed by atoms with E-state index in [4.69, 9.17) is 4.89 Å². The van der Waals surface area contributed by atoms with Gasteiger partial charge < -0.3 is 2.85 Å². The minimum atomic E-state index is -4.56. The van der Waals surface area contributed by atoms with Gasteiger partial charge in [0, 0.05) is 0 Å². The molecule has 1 unspecified atom stereocenters. The van der Waals surface area contributed by atoms with E-state index in [1.165, 1.54) is 0 Å². The van der Waals surface area contributed by atoms with Crippen molar-refractivity contribution in [3.63, 3.8) is 0 Å². The second kappa shape index (κ2) is 5.58. The first-order valence-electron chi connectivity index (χ1n) is 1.06. The second-order valence-electron chi connectivity index (χ2n) is 0.607. The Hall–Kier alpha value is 1.81. The fraction of sp³-hybridized carbons (Fsp3) is 0. The molecule has 0 aliphatic rings. The smallest absolute Gasteiger partial charge is 1.00 e. The molecule has 0 aliphatic carbocycles. The summed E-state index contributed by atoms with van der Waals surface area (Å²) < 4.78 is 25.5. The summed E-state index contributed by atoms with van der Waals surface area (Å²) in [4.78, 5) is 7.74. The van der Waals surface area contributed by atoms with Crippen molar-refractivity contribution in [2.75, 3.05) is 0 Å². The van der Waals surface area contributed by atoms with Crippen LogP contribution in [0, 0.1) is 0 Å². The van der Waals surface area contributed by atoms with Gasteiger partial charge in [0.05, 0.1) is 11.9 Å². The minimum Gasteiger partial charge on any atom is -1.00 e. The molecular weight excluding hydrogens is 237 g/mol. The summed E-state index contributed by atoms with van der Waals surface area (Å²) in [5.41, 5.74) is 0. The van der Waals surface area contributed by atoms with E-state index >= 15 is 0 Å². The maximum atomic E-state index is 10.5. The molecule has 0 aromatic carbocycles. The largest absolute Gasteiger partial charge is 2.00 e. The topological polar surface area (TPSA) is 55.8 Å². The molecule has 0 heterocycles. The zero-order chi connectivity index (χ0) is 5.91. The van der Waals surface area contributed by atoms with Crippen LogP contribution < -0.4 is 0 Å². The van der Waals surface area contributed by atoms with Gasteiger partial charge in [0.1, 0.15) is 0 Å². The molecule has 0 saturated carbocycles. The average molecular weight is 240 g/mol. The summed E-state index contributed by atoms with van der Waals surface area (Å²) in [7, 11) is -4.56. The normalized spacial score (nSPS) is 16.4. The molecule has 0 spiro atoms. The van der Waals surface area contributed by atoms with Crippen molar-refractivity contribution in [3.05, 3.63) is 0 Å². The Morgan fingerprint density at radius 3 is 2.25 bits per heavy atom. The van der Waals surface area contributed by atoms with Crippen molar-refractivity contribution >= 4 is 65.2 Å². The molecule has 0 bridgehead atoms. The number of halogens is 2. The Morgan fingerprint density at radius 1 is 1.88 bits per heavy atom. The first-order chi connectivity index (χ1) is 3.12. The van der Waals surface area contributed by atoms with Gasteiger partial charge in [-0.3, -0.25) is 4.89 Å². The van der Waals surface area contributed by atoms with Gasteiger partial charge in [0.15, 0.2) is 0 Å². The van der Waals surface area contributed by atoms with Crippen LogP contribution in [0.4, 0.5) is 4.53 Å². The van der Waals surface area contributed by atoms with E-state index in [9.17, 15) is 9.09 Å². The molecule has 0 amide bonds. The van der Waals surface area contributed by atoms with Gasteiger partial charge >= 0.3 is 53.3 Å². The Labute approximate surface area is 89.8 Å². The molecule has 0 saturated heterocycles. The van der Waals surface area contributed by atoms with Crippen LogP contribution in [-0.2, 0) is 13.4 Å². The van der Waals surface area contributed by atoms with E-state index in [1.807, 2.05) is 0 Å². The number of rotatable bonds is 2. The van der Waals surface area contributed by atoms with Gasteiger partial charge in [-0.25, -0.2) is 4.57 Å². The van der Waals surface area contributed by atoms with Gasteiger partial charge in [-0.1, -0.05) is 4.73 Å². The SMILES string of the molecule is O=P(O)(OF)OCl.[H-].[H-].[Sr+2]. The zero-order valence-corrected chi connectivity index (χ0v) is 8.71. The van der Waals surface area contributed by atoms with Crippen molar-refractivity contribution in [1.29, 1.82) is 0 Å². The van der Waals surface area contributed by atoms with E-state index in [2.05, 4.69) is 20.7 Å². The molecule has 8 heavy (non-hydrogen) atoms. The summed E-state index contributed by atoms with van der Waals surface area (Å²) >= 11 is 4.22. The summed E-state index contributed by atoms with van der Waals surface area (Å²) in [5.74, 6) is 0. The molecule has 4 nitrogen and oxygen atoms in total. The van der Waals surface area contributed by atoms with E-state index in [0.717, 1.165) is 0 Å². The van der Waals surface area contributed by atoms with Crippen LogP contribution in [0.2, 0.25) is 0 Å². The second-order valence-corrected chi connectivity index (χ2v) is 2.23. The van der Waals surface area contributed by atoms with Gasteiger partial charge in [-0.15, -0.1) is 0 Å².